The second-order valence-electron chi connectivity index (χ2n) is 8.44. The van der Waals surface area contributed by atoms with Gasteiger partial charge in [-0.3, -0.25) is 9.59 Å². The van der Waals surface area contributed by atoms with Crippen LogP contribution in [0.2, 0.25) is 0 Å². The molecule has 3 rings (SSSR count). The van der Waals surface area contributed by atoms with Gasteiger partial charge in [0.25, 0.3) is 5.91 Å². The quantitative estimate of drug-likeness (QED) is 0.288. The highest BCUT2D eigenvalue weighted by atomic mass is 79.9. The third-order valence-corrected chi connectivity index (χ3v) is 6.32. The minimum absolute atomic E-state index is 0.171. The molecule has 1 N–H and O–H groups in total. The maximum Gasteiger partial charge on any atom is 0.261 e. The maximum atomic E-state index is 13.6. The summed E-state index contributed by atoms with van der Waals surface area (Å²) in [4.78, 5) is 28.7. The lowest BCUT2D eigenvalue weighted by Gasteiger charge is -2.31. The molecule has 6 nitrogen and oxygen atoms in total. The molecular weight excluding hydrogens is 520 g/mol. The number of carbonyl (C=O) groups excluding carboxylic acids is 2. The average molecular weight is 553 g/mol. The van der Waals surface area contributed by atoms with Crippen LogP contribution in [0.1, 0.15) is 30.9 Å². The van der Waals surface area contributed by atoms with E-state index in [1.807, 2.05) is 66.7 Å². The summed E-state index contributed by atoms with van der Waals surface area (Å²) in [6.07, 6.45) is 2.25. The molecule has 36 heavy (non-hydrogen) atoms. The smallest absolute Gasteiger partial charge is 0.261 e. The molecular formula is C29H33BrN2O4. The van der Waals surface area contributed by atoms with Crippen molar-refractivity contribution < 1.29 is 19.1 Å². The fourth-order valence-electron chi connectivity index (χ4n) is 3.81. The number of carbonyl (C=O) groups is 2. The summed E-state index contributed by atoms with van der Waals surface area (Å²) in [6, 6.07) is 24.0. The Bertz CT molecular complexity index is 1110. The van der Waals surface area contributed by atoms with Crippen LogP contribution >= 0.6 is 15.9 Å². The van der Waals surface area contributed by atoms with E-state index in [2.05, 4.69) is 28.2 Å². The molecule has 0 bridgehead atoms. The van der Waals surface area contributed by atoms with E-state index in [0.29, 0.717) is 24.5 Å². The van der Waals surface area contributed by atoms with Crippen molar-refractivity contribution in [3.05, 3.63) is 94.5 Å². The number of ether oxygens (including phenoxy) is 2. The first-order valence-electron chi connectivity index (χ1n) is 12.1. The molecule has 0 radical (unpaired) electrons. The highest BCUT2D eigenvalue weighted by Gasteiger charge is 2.30. The van der Waals surface area contributed by atoms with E-state index in [0.717, 1.165) is 28.4 Å². The van der Waals surface area contributed by atoms with Crippen LogP contribution in [0.25, 0.3) is 0 Å². The second-order valence-corrected chi connectivity index (χ2v) is 9.35. The number of nitrogens with one attached hydrogen (secondary N) is 1. The molecule has 0 aliphatic carbocycles. The van der Waals surface area contributed by atoms with Crippen molar-refractivity contribution >= 4 is 27.7 Å². The lowest BCUT2D eigenvalue weighted by atomic mass is 10.0. The molecule has 0 spiro atoms. The zero-order valence-corrected chi connectivity index (χ0v) is 22.4. The van der Waals surface area contributed by atoms with Gasteiger partial charge in [0.1, 0.15) is 6.04 Å². The molecule has 0 saturated heterocycles. The van der Waals surface area contributed by atoms with Crippen LogP contribution in [-0.4, -0.2) is 43.0 Å². The van der Waals surface area contributed by atoms with Gasteiger partial charge in [-0.25, -0.2) is 0 Å². The topological polar surface area (TPSA) is 67.9 Å². The molecule has 0 aliphatic heterocycles. The lowest BCUT2D eigenvalue weighted by Crippen LogP contribution is -2.51. The SMILES string of the molecule is CCCCNC(=O)[C@@H](Cc1ccccc1)N(Cc1ccc(Br)cc1)C(=O)COc1ccccc1OC. The minimum Gasteiger partial charge on any atom is -0.493 e. The predicted molar refractivity (Wildman–Crippen MR) is 145 cm³/mol. The first-order chi connectivity index (χ1) is 17.5. The number of halogens is 1. The number of hydrogen-bond donors (Lipinski definition) is 1. The Kier molecular flexibility index (Phi) is 10.8. The Morgan fingerprint density at radius 2 is 1.58 bits per heavy atom. The van der Waals surface area contributed by atoms with Gasteiger partial charge in [0.15, 0.2) is 18.1 Å². The highest BCUT2D eigenvalue weighted by Crippen LogP contribution is 2.26. The summed E-state index contributed by atoms with van der Waals surface area (Å²) in [5.74, 6) is 0.567. The van der Waals surface area contributed by atoms with E-state index in [-0.39, 0.29) is 25.0 Å². The van der Waals surface area contributed by atoms with Crippen molar-refractivity contribution in [3.8, 4) is 11.5 Å². The predicted octanol–water partition coefficient (Wildman–Crippen LogP) is 5.39. The van der Waals surface area contributed by atoms with Crippen molar-refractivity contribution in [3.63, 3.8) is 0 Å². The van der Waals surface area contributed by atoms with Crippen LogP contribution in [0.3, 0.4) is 0 Å². The molecule has 7 heteroatoms. The summed E-state index contributed by atoms with van der Waals surface area (Å²) in [5, 5.41) is 3.03. The minimum atomic E-state index is -0.693. The van der Waals surface area contributed by atoms with Crippen LogP contribution in [0.15, 0.2) is 83.3 Å². The first kappa shape index (κ1) is 27.3. The summed E-state index contributed by atoms with van der Waals surface area (Å²) in [5.41, 5.74) is 1.90. The van der Waals surface area contributed by atoms with Gasteiger partial charge < -0.3 is 19.7 Å². The molecule has 0 saturated carbocycles. The molecule has 0 aliphatic rings. The van der Waals surface area contributed by atoms with Crippen molar-refractivity contribution in [1.29, 1.82) is 0 Å². The van der Waals surface area contributed by atoms with Gasteiger partial charge in [-0.05, 0) is 41.8 Å². The van der Waals surface area contributed by atoms with Crippen LogP contribution in [0, 0.1) is 0 Å². The van der Waals surface area contributed by atoms with Gasteiger partial charge in [0, 0.05) is 24.0 Å². The van der Waals surface area contributed by atoms with E-state index in [4.69, 9.17) is 9.47 Å². The number of para-hydroxylation sites is 2. The van der Waals surface area contributed by atoms with Gasteiger partial charge >= 0.3 is 0 Å². The van der Waals surface area contributed by atoms with Gasteiger partial charge in [-0.15, -0.1) is 0 Å². The standard InChI is InChI=1S/C29H33BrN2O4/c1-3-4-18-31-29(34)25(19-22-10-6-5-7-11-22)32(20-23-14-16-24(30)17-15-23)28(33)21-36-27-13-9-8-12-26(27)35-2/h5-17,25H,3-4,18-21H2,1-2H3,(H,31,34)/t25-/m1/s1. The summed E-state index contributed by atoms with van der Waals surface area (Å²) in [6.45, 7) is 2.70. The van der Waals surface area contributed by atoms with E-state index in [9.17, 15) is 9.59 Å². The summed E-state index contributed by atoms with van der Waals surface area (Å²) < 4.78 is 12.1. The van der Waals surface area contributed by atoms with Crippen molar-refractivity contribution in [2.75, 3.05) is 20.3 Å². The Labute approximate surface area is 221 Å². The van der Waals surface area contributed by atoms with Gasteiger partial charge in [-0.2, -0.15) is 0 Å². The van der Waals surface area contributed by atoms with Gasteiger partial charge in [0.05, 0.1) is 7.11 Å². The molecule has 0 aromatic heterocycles. The third kappa shape index (κ3) is 8.12. The van der Waals surface area contributed by atoms with Gasteiger partial charge in [0.2, 0.25) is 5.91 Å². The first-order valence-corrected chi connectivity index (χ1v) is 12.9. The van der Waals surface area contributed by atoms with Crippen LogP contribution in [0.5, 0.6) is 11.5 Å². The Balaban J connectivity index is 1.89. The van der Waals surface area contributed by atoms with Crippen molar-refractivity contribution in [1.82, 2.24) is 10.2 Å². The molecule has 1 atom stereocenters. The van der Waals surface area contributed by atoms with E-state index in [1.165, 1.54) is 0 Å². The molecule has 190 valence electrons. The van der Waals surface area contributed by atoms with Crippen LogP contribution in [0.4, 0.5) is 0 Å². The number of rotatable bonds is 13. The fourth-order valence-corrected chi connectivity index (χ4v) is 4.07. The van der Waals surface area contributed by atoms with Crippen molar-refractivity contribution in [2.24, 2.45) is 0 Å². The zero-order chi connectivity index (χ0) is 25.8. The Morgan fingerprint density at radius 3 is 2.25 bits per heavy atom. The van der Waals surface area contributed by atoms with Gasteiger partial charge in [-0.1, -0.05) is 83.9 Å². The number of unbranched alkanes of at least 4 members (excludes halogenated alkanes) is 1. The zero-order valence-electron chi connectivity index (χ0n) is 20.8. The van der Waals surface area contributed by atoms with E-state index < -0.39 is 6.04 Å². The molecule has 3 aromatic carbocycles. The van der Waals surface area contributed by atoms with Crippen LogP contribution in [-0.2, 0) is 22.6 Å². The summed E-state index contributed by atoms with van der Waals surface area (Å²) in [7, 11) is 1.56. The largest absolute Gasteiger partial charge is 0.493 e. The normalized spacial score (nSPS) is 11.4. The average Bonchev–Trinajstić information content (AvgIpc) is 2.91. The number of nitrogens with zero attached hydrogens (tertiary/aromatic N) is 1. The number of methoxy groups -OCH3 is 1. The second kappa shape index (κ2) is 14.3. The Morgan fingerprint density at radius 1 is 0.917 bits per heavy atom. The van der Waals surface area contributed by atoms with Crippen LogP contribution < -0.4 is 14.8 Å². The monoisotopic (exact) mass is 552 g/mol. The maximum absolute atomic E-state index is 13.6. The van der Waals surface area contributed by atoms with Crippen molar-refractivity contribution in [2.45, 2.75) is 38.8 Å². The number of benzene rings is 3. The fraction of sp³-hybridized carbons (Fsp3) is 0.310. The van der Waals surface area contributed by atoms with E-state index in [1.54, 1.807) is 24.1 Å². The molecule has 0 fully saturated rings. The highest BCUT2D eigenvalue weighted by molar-refractivity contribution is 9.10. The summed E-state index contributed by atoms with van der Waals surface area (Å²) >= 11 is 3.46. The number of amides is 2. The van der Waals surface area contributed by atoms with E-state index >= 15 is 0 Å². The molecule has 2 amide bonds. The third-order valence-electron chi connectivity index (χ3n) is 5.79. The number of hydrogen-bond acceptors (Lipinski definition) is 4. The molecule has 3 aromatic rings. The molecule has 0 unspecified atom stereocenters. The lowest BCUT2D eigenvalue weighted by molar-refractivity contribution is -0.142. The Hall–Kier alpha value is -3.32. The molecule has 0 heterocycles.